The number of piperazine rings is 1. The summed E-state index contributed by atoms with van der Waals surface area (Å²) in [5.74, 6) is 0.269. The Morgan fingerprint density at radius 1 is 1.21 bits per heavy atom. The van der Waals surface area contributed by atoms with Crippen LogP contribution in [0.2, 0.25) is 0 Å². The average molecular weight is 473 g/mol. The van der Waals surface area contributed by atoms with E-state index in [-0.39, 0.29) is 11.9 Å². The zero-order valence-corrected chi connectivity index (χ0v) is 19.6. The molecule has 0 saturated carbocycles. The smallest absolute Gasteiger partial charge is 0.410 e. The van der Waals surface area contributed by atoms with Crippen molar-refractivity contribution in [1.29, 1.82) is 0 Å². The van der Waals surface area contributed by atoms with Crippen LogP contribution in [0.25, 0.3) is 0 Å². The molecule has 0 aliphatic carbocycles. The number of amides is 1. The Labute approximate surface area is 182 Å². The van der Waals surface area contributed by atoms with Gasteiger partial charge in [-0.25, -0.2) is 9.18 Å². The molecule has 1 amide bonds. The zero-order chi connectivity index (χ0) is 21.4. The predicted octanol–water partition coefficient (Wildman–Crippen LogP) is 5.47. The molecule has 164 valence electrons. The van der Waals surface area contributed by atoms with Gasteiger partial charge >= 0.3 is 6.09 Å². The monoisotopic (exact) mass is 472 g/mol. The quantitative estimate of drug-likeness (QED) is 0.470. The molecule has 1 fully saturated rings. The standard InChI is InChI=1S/C22H34BrFN2O3/c1-17-16-26(21(27)29-22(2,3)4)13-12-25(17)11-7-5-6-8-14-28-18-9-10-19(23)20(24)15-18/h9-10,15,17H,5-8,11-14,16H2,1-4H3/t17-/m1/s1. The van der Waals surface area contributed by atoms with E-state index in [1.165, 1.54) is 6.07 Å². The Bertz CT molecular complexity index is 666. The van der Waals surface area contributed by atoms with Gasteiger partial charge in [0.2, 0.25) is 0 Å². The number of rotatable bonds is 8. The summed E-state index contributed by atoms with van der Waals surface area (Å²) in [6.45, 7) is 11.8. The Hall–Kier alpha value is -1.34. The second-order valence-corrected chi connectivity index (χ2v) is 9.50. The van der Waals surface area contributed by atoms with Crippen molar-refractivity contribution in [2.75, 3.05) is 32.8 Å². The Morgan fingerprint density at radius 3 is 2.59 bits per heavy atom. The van der Waals surface area contributed by atoms with Gasteiger partial charge in [-0.2, -0.15) is 0 Å². The molecule has 0 unspecified atom stereocenters. The van der Waals surface area contributed by atoms with Crippen LogP contribution >= 0.6 is 15.9 Å². The van der Waals surface area contributed by atoms with Crippen LogP contribution in [-0.4, -0.2) is 60.3 Å². The molecule has 0 N–H and O–H groups in total. The van der Waals surface area contributed by atoms with Gasteiger partial charge in [0.1, 0.15) is 17.2 Å². The molecule has 1 aromatic rings. The van der Waals surface area contributed by atoms with Crippen molar-refractivity contribution in [2.45, 2.75) is 65.0 Å². The highest BCUT2D eigenvalue weighted by Crippen LogP contribution is 2.21. The molecular weight excluding hydrogens is 439 g/mol. The number of ether oxygens (including phenoxy) is 2. The van der Waals surface area contributed by atoms with Crippen LogP contribution in [0.15, 0.2) is 22.7 Å². The van der Waals surface area contributed by atoms with E-state index in [9.17, 15) is 9.18 Å². The molecule has 5 nitrogen and oxygen atoms in total. The molecule has 0 aromatic heterocycles. The van der Waals surface area contributed by atoms with Crippen LogP contribution in [0.5, 0.6) is 5.75 Å². The minimum Gasteiger partial charge on any atom is -0.493 e. The van der Waals surface area contributed by atoms with Crippen LogP contribution in [-0.2, 0) is 4.74 Å². The van der Waals surface area contributed by atoms with E-state index in [0.717, 1.165) is 45.3 Å². The van der Waals surface area contributed by atoms with Crippen molar-refractivity contribution in [1.82, 2.24) is 9.80 Å². The molecule has 29 heavy (non-hydrogen) atoms. The molecule has 0 radical (unpaired) electrons. The number of carbonyl (C=O) groups is 1. The Morgan fingerprint density at radius 2 is 1.93 bits per heavy atom. The third-order valence-corrected chi connectivity index (χ3v) is 5.56. The first-order valence-corrected chi connectivity index (χ1v) is 11.2. The predicted molar refractivity (Wildman–Crippen MR) is 117 cm³/mol. The van der Waals surface area contributed by atoms with Gasteiger partial charge in [0.15, 0.2) is 0 Å². The lowest BCUT2D eigenvalue weighted by Crippen LogP contribution is -2.54. The molecule has 1 heterocycles. The van der Waals surface area contributed by atoms with E-state index >= 15 is 0 Å². The first-order valence-electron chi connectivity index (χ1n) is 10.5. The van der Waals surface area contributed by atoms with Crippen LogP contribution in [0.1, 0.15) is 53.4 Å². The molecular formula is C22H34BrFN2O3. The Kier molecular flexibility index (Phi) is 9.21. The first kappa shape index (κ1) is 23.9. The highest BCUT2D eigenvalue weighted by atomic mass is 79.9. The molecule has 1 aliphatic heterocycles. The zero-order valence-electron chi connectivity index (χ0n) is 18.0. The first-order chi connectivity index (χ1) is 13.7. The van der Waals surface area contributed by atoms with Gasteiger partial charge in [-0.15, -0.1) is 0 Å². The van der Waals surface area contributed by atoms with E-state index in [2.05, 4.69) is 27.8 Å². The summed E-state index contributed by atoms with van der Waals surface area (Å²) >= 11 is 3.14. The third-order valence-electron chi connectivity index (χ3n) is 4.92. The van der Waals surface area contributed by atoms with Crippen LogP contribution < -0.4 is 4.74 Å². The second-order valence-electron chi connectivity index (χ2n) is 8.65. The highest BCUT2D eigenvalue weighted by Gasteiger charge is 2.29. The number of unbranched alkanes of at least 4 members (excludes halogenated alkanes) is 3. The van der Waals surface area contributed by atoms with Gasteiger partial charge in [-0.3, -0.25) is 4.90 Å². The number of hydrogen-bond acceptors (Lipinski definition) is 4. The number of carbonyl (C=O) groups excluding carboxylic acids is 1. The van der Waals surface area contributed by atoms with Gasteiger partial charge in [0.05, 0.1) is 11.1 Å². The molecule has 1 aromatic carbocycles. The van der Waals surface area contributed by atoms with Gasteiger partial charge in [0.25, 0.3) is 0 Å². The lowest BCUT2D eigenvalue weighted by Gasteiger charge is -2.40. The summed E-state index contributed by atoms with van der Waals surface area (Å²) in [6, 6.07) is 5.18. The lowest BCUT2D eigenvalue weighted by molar-refractivity contribution is 0.00560. The van der Waals surface area contributed by atoms with E-state index in [1.807, 2.05) is 25.7 Å². The van der Waals surface area contributed by atoms with Gasteiger partial charge in [-0.1, -0.05) is 12.8 Å². The fourth-order valence-corrected chi connectivity index (χ4v) is 3.59. The van der Waals surface area contributed by atoms with Crippen molar-refractivity contribution < 1.29 is 18.7 Å². The molecule has 1 atom stereocenters. The van der Waals surface area contributed by atoms with Crippen molar-refractivity contribution in [3.63, 3.8) is 0 Å². The van der Waals surface area contributed by atoms with Crippen molar-refractivity contribution in [3.05, 3.63) is 28.5 Å². The van der Waals surface area contributed by atoms with Gasteiger partial charge < -0.3 is 14.4 Å². The summed E-state index contributed by atoms with van der Waals surface area (Å²) in [5, 5.41) is 0. The number of nitrogens with zero attached hydrogens (tertiary/aromatic N) is 2. The van der Waals surface area contributed by atoms with Crippen molar-refractivity contribution in [3.8, 4) is 5.75 Å². The lowest BCUT2D eigenvalue weighted by atomic mass is 10.1. The SMILES string of the molecule is C[C@@H]1CN(C(=O)OC(C)(C)C)CCN1CCCCCCOc1ccc(Br)c(F)c1. The summed E-state index contributed by atoms with van der Waals surface area (Å²) in [6.07, 6.45) is 4.10. The minimum absolute atomic E-state index is 0.213. The molecule has 7 heteroatoms. The van der Waals surface area contributed by atoms with E-state index in [4.69, 9.17) is 9.47 Å². The minimum atomic E-state index is -0.452. The van der Waals surface area contributed by atoms with Crippen LogP contribution in [0, 0.1) is 5.82 Å². The van der Waals surface area contributed by atoms with E-state index in [1.54, 1.807) is 12.1 Å². The van der Waals surface area contributed by atoms with Crippen LogP contribution in [0.4, 0.5) is 9.18 Å². The molecule has 0 bridgehead atoms. The summed E-state index contributed by atoms with van der Waals surface area (Å²) in [4.78, 5) is 16.5. The Balaban J connectivity index is 1.56. The average Bonchev–Trinajstić information content (AvgIpc) is 2.63. The fraction of sp³-hybridized carbons (Fsp3) is 0.682. The molecule has 0 spiro atoms. The van der Waals surface area contributed by atoms with E-state index < -0.39 is 5.60 Å². The number of benzene rings is 1. The topological polar surface area (TPSA) is 42.0 Å². The number of hydrogen-bond donors (Lipinski definition) is 0. The molecule has 1 aliphatic rings. The van der Waals surface area contributed by atoms with Gasteiger partial charge in [-0.05, 0) is 75.1 Å². The number of halogens is 2. The summed E-state index contributed by atoms with van der Waals surface area (Å²) in [5.41, 5.74) is -0.452. The summed E-state index contributed by atoms with van der Waals surface area (Å²) < 4.78 is 25.0. The van der Waals surface area contributed by atoms with Gasteiger partial charge in [0, 0.05) is 31.7 Å². The maximum absolute atomic E-state index is 13.4. The molecule has 2 rings (SSSR count). The summed E-state index contributed by atoms with van der Waals surface area (Å²) in [7, 11) is 0. The highest BCUT2D eigenvalue weighted by molar-refractivity contribution is 9.10. The largest absolute Gasteiger partial charge is 0.493 e. The van der Waals surface area contributed by atoms with Crippen molar-refractivity contribution >= 4 is 22.0 Å². The maximum Gasteiger partial charge on any atom is 0.410 e. The maximum atomic E-state index is 13.4. The van der Waals surface area contributed by atoms with Crippen LogP contribution in [0.3, 0.4) is 0 Å². The molecule has 1 saturated heterocycles. The third kappa shape index (κ3) is 8.51. The van der Waals surface area contributed by atoms with Crippen molar-refractivity contribution in [2.24, 2.45) is 0 Å². The normalized spacial score (nSPS) is 18.0. The second kappa shape index (κ2) is 11.2. The fourth-order valence-electron chi connectivity index (χ4n) is 3.35. The van der Waals surface area contributed by atoms with E-state index in [0.29, 0.717) is 29.4 Å².